The molecule has 0 spiro atoms. The Morgan fingerprint density at radius 3 is 2.28 bits per heavy atom. The molecule has 0 saturated heterocycles. The van der Waals surface area contributed by atoms with Crippen molar-refractivity contribution in [3.05, 3.63) is 102 Å². The maximum absolute atomic E-state index is 12.8. The molecule has 8 heteroatoms. The van der Waals surface area contributed by atoms with E-state index in [0.29, 0.717) is 5.56 Å². The van der Waals surface area contributed by atoms with Crippen LogP contribution in [0.15, 0.2) is 67.3 Å². The molecule has 4 rings (SSSR count). The number of aryl methyl sites for hydroxylation is 1. The van der Waals surface area contributed by atoms with Crippen LogP contribution in [0.3, 0.4) is 0 Å². The molecule has 0 bridgehead atoms. The lowest BCUT2D eigenvalue weighted by Gasteiger charge is -2.19. The molecule has 0 amide bonds. The lowest BCUT2D eigenvalue weighted by molar-refractivity contribution is 0.433. The van der Waals surface area contributed by atoms with Gasteiger partial charge in [0.25, 0.3) is 5.56 Å². The monoisotopic (exact) mass is 392 g/mol. The van der Waals surface area contributed by atoms with Crippen LogP contribution in [0, 0.1) is 6.92 Å². The average molecular weight is 392 g/mol. The lowest BCUT2D eigenvalue weighted by Crippen LogP contribution is -2.29. The van der Waals surface area contributed by atoms with Crippen molar-refractivity contribution in [1.82, 2.24) is 9.97 Å². The summed E-state index contributed by atoms with van der Waals surface area (Å²) in [6, 6.07) is 13.3. The van der Waals surface area contributed by atoms with E-state index in [1.54, 1.807) is 42.5 Å². The van der Waals surface area contributed by atoms with Crippen LogP contribution in [0.2, 0.25) is 0 Å². The summed E-state index contributed by atoms with van der Waals surface area (Å²) in [6.45, 7) is 1.87. The van der Waals surface area contributed by atoms with Crippen LogP contribution in [-0.2, 0) is 0 Å². The van der Waals surface area contributed by atoms with Crippen molar-refractivity contribution in [3.63, 3.8) is 0 Å². The van der Waals surface area contributed by atoms with Crippen LogP contribution >= 0.6 is 0 Å². The van der Waals surface area contributed by atoms with E-state index in [1.807, 2.05) is 11.9 Å². The van der Waals surface area contributed by atoms with Crippen LogP contribution in [0.1, 0.15) is 28.2 Å². The van der Waals surface area contributed by atoms with Crippen molar-refractivity contribution in [3.8, 4) is 11.6 Å². The van der Waals surface area contributed by atoms with Crippen molar-refractivity contribution in [2.24, 2.45) is 0 Å². The van der Waals surface area contributed by atoms with E-state index < -0.39 is 28.7 Å². The Morgan fingerprint density at radius 1 is 0.897 bits per heavy atom. The van der Waals surface area contributed by atoms with E-state index >= 15 is 0 Å². The van der Waals surface area contributed by atoms with Crippen LogP contribution in [0.5, 0.6) is 11.6 Å². The Hall–Kier alpha value is -4.07. The van der Waals surface area contributed by atoms with Gasteiger partial charge in [-0.25, -0.2) is 9.59 Å². The molecular weight excluding hydrogens is 376 g/mol. The van der Waals surface area contributed by atoms with Gasteiger partial charge in [0.15, 0.2) is 0 Å². The van der Waals surface area contributed by atoms with Gasteiger partial charge >= 0.3 is 11.3 Å². The highest BCUT2D eigenvalue weighted by atomic mass is 16.4. The standard InChI is InChI=1S/C21H16N2O6/c1-10-6-8-11(9-7-10)14(16-18(25)22-21(28)23-19(16)26)15-17(24)12-4-2-3-5-13(12)29-20(15)27/h2-9,14,24H,1H3,(H3,22,23,25,26,28). The number of benzene rings is 2. The van der Waals surface area contributed by atoms with Crippen LogP contribution < -0.4 is 16.9 Å². The number of H-pyrrole nitrogens is 2. The second kappa shape index (κ2) is 6.83. The van der Waals surface area contributed by atoms with Gasteiger partial charge in [0.05, 0.1) is 22.4 Å². The number of aromatic nitrogens is 2. The summed E-state index contributed by atoms with van der Waals surface area (Å²) in [5.41, 5.74) is -1.59. The predicted octanol–water partition coefficient (Wildman–Crippen LogP) is 2.07. The summed E-state index contributed by atoms with van der Waals surface area (Å²) in [4.78, 5) is 41.0. The van der Waals surface area contributed by atoms with Crippen molar-refractivity contribution < 1.29 is 14.6 Å². The number of nitrogens with one attached hydrogen (secondary N) is 2. The van der Waals surface area contributed by atoms with Gasteiger partial charge in [-0.3, -0.25) is 14.8 Å². The zero-order valence-electron chi connectivity index (χ0n) is 15.2. The van der Waals surface area contributed by atoms with Gasteiger partial charge in [-0.15, -0.1) is 0 Å². The molecule has 0 saturated carbocycles. The molecule has 1 atom stereocenters. The fourth-order valence-corrected chi connectivity index (χ4v) is 3.39. The number of aromatic amines is 2. The fraction of sp³-hybridized carbons (Fsp3) is 0.0952. The van der Waals surface area contributed by atoms with Gasteiger partial charge in [-0.2, -0.15) is 0 Å². The summed E-state index contributed by atoms with van der Waals surface area (Å²) >= 11 is 0. The Labute approximate surface area is 162 Å². The Morgan fingerprint density at radius 2 is 1.59 bits per heavy atom. The van der Waals surface area contributed by atoms with Crippen molar-refractivity contribution >= 4 is 11.0 Å². The molecular formula is C21H16N2O6. The molecule has 2 heterocycles. The summed E-state index contributed by atoms with van der Waals surface area (Å²) in [6.07, 6.45) is 0. The summed E-state index contributed by atoms with van der Waals surface area (Å²) in [7, 11) is 0. The van der Waals surface area contributed by atoms with Gasteiger partial charge in [-0.05, 0) is 24.6 Å². The first-order chi connectivity index (χ1) is 13.9. The van der Waals surface area contributed by atoms with Crippen LogP contribution in [0.25, 0.3) is 11.0 Å². The molecule has 0 radical (unpaired) electrons. The molecule has 8 nitrogen and oxygen atoms in total. The molecule has 4 aromatic rings. The zero-order chi connectivity index (χ0) is 20.7. The minimum atomic E-state index is -1.18. The summed E-state index contributed by atoms with van der Waals surface area (Å²) < 4.78 is 5.34. The van der Waals surface area contributed by atoms with E-state index in [2.05, 4.69) is 4.98 Å². The third-order valence-corrected chi connectivity index (χ3v) is 4.77. The van der Waals surface area contributed by atoms with Crippen LogP contribution in [0.4, 0.5) is 0 Å². The van der Waals surface area contributed by atoms with E-state index in [4.69, 9.17) is 4.42 Å². The van der Waals surface area contributed by atoms with Gasteiger partial charge in [0, 0.05) is 0 Å². The van der Waals surface area contributed by atoms with E-state index in [9.17, 15) is 24.6 Å². The van der Waals surface area contributed by atoms with Gasteiger partial charge in [0.2, 0.25) is 5.88 Å². The van der Waals surface area contributed by atoms with Crippen LogP contribution in [-0.4, -0.2) is 20.2 Å². The highest BCUT2D eigenvalue weighted by molar-refractivity contribution is 5.84. The Balaban J connectivity index is 2.12. The Kier molecular flexibility index (Phi) is 4.31. The van der Waals surface area contributed by atoms with E-state index in [0.717, 1.165) is 5.56 Å². The second-order valence-corrected chi connectivity index (χ2v) is 6.66. The first-order valence-electron chi connectivity index (χ1n) is 8.73. The number of hydrogen-bond acceptors (Lipinski definition) is 6. The Bertz CT molecular complexity index is 1400. The number of rotatable bonds is 3. The lowest BCUT2D eigenvalue weighted by atomic mass is 9.85. The highest BCUT2D eigenvalue weighted by Crippen LogP contribution is 2.38. The molecule has 2 aromatic heterocycles. The number of fused-ring (bicyclic) bond motifs is 1. The zero-order valence-corrected chi connectivity index (χ0v) is 15.2. The van der Waals surface area contributed by atoms with Crippen molar-refractivity contribution in [1.29, 1.82) is 0 Å². The van der Waals surface area contributed by atoms with Gasteiger partial charge < -0.3 is 14.6 Å². The number of para-hydroxylation sites is 1. The van der Waals surface area contributed by atoms with Crippen molar-refractivity contribution in [2.75, 3.05) is 0 Å². The molecule has 2 aromatic carbocycles. The second-order valence-electron chi connectivity index (χ2n) is 6.66. The summed E-state index contributed by atoms with van der Waals surface area (Å²) in [5, 5.41) is 21.5. The normalized spacial score (nSPS) is 12.2. The minimum Gasteiger partial charge on any atom is -0.507 e. The SMILES string of the molecule is Cc1ccc(C(c2c(O)[nH]c(=O)[nH]c2=O)c2c(O)c3ccccc3oc2=O)cc1. The molecule has 0 aliphatic heterocycles. The number of aromatic hydroxyl groups is 2. The topological polar surface area (TPSA) is 136 Å². The van der Waals surface area contributed by atoms with Gasteiger partial charge in [0.1, 0.15) is 11.3 Å². The van der Waals surface area contributed by atoms with Gasteiger partial charge in [-0.1, -0.05) is 42.0 Å². The largest absolute Gasteiger partial charge is 0.507 e. The fourth-order valence-electron chi connectivity index (χ4n) is 3.39. The average Bonchev–Trinajstić information content (AvgIpc) is 2.67. The molecule has 0 fully saturated rings. The smallest absolute Gasteiger partial charge is 0.344 e. The molecule has 0 aliphatic carbocycles. The van der Waals surface area contributed by atoms with E-state index in [-0.39, 0.29) is 27.8 Å². The highest BCUT2D eigenvalue weighted by Gasteiger charge is 2.31. The molecule has 1 unspecified atom stereocenters. The third kappa shape index (κ3) is 3.10. The molecule has 4 N–H and O–H groups in total. The molecule has 0 aliphatic rings. The minimum absolute atomic E-state index is 0.181. The van der Waals surface area contributed by atoms with Crippen molar-refractivity contribution in [2.45, 2.75) is 12.8 Å². The molecule has 146 valence electrons. The number of hydrogen-bond donors (Lipinski definition) is 4. The predicted molar refractivity (Wildman–Crippen MR) is 106 cm³/mol. The maximum atomic E-state index is 12.8. The first-order valence-corrected chi connectivity index (χ1v) is 8.73. The third-order valence-electron chi connectivity index (χ3n) is 4.77. The summed E-state index contributed by atoms with van der Waals surface area (Å²) in [5.74, 6) is -2.25. The maximum Gasteiger partial charge on any atom is 0.344 e. The first kappa shape index (κ1) is 18.3. The quantitative estimate of drug-likeness (QED) is 0.394. The van der Waals surface area contributed by atoms with E-state index in [1.165, 1.54) is 6.07 Å². The molecule has 29 heavy (non-hydrogen) atoms.